The van der Waals surface area contributed by atoms with Crippen LogP contribution >= 0.6 is 0 Å². The summed E-state index contributed by atoms with van der Waals surface area (Å²) in [6.45, 7) is 1.41. The monoisotopic (exact) mass is 225 g/mol. The van der Waals surface area contributed by atoms with Gasteiger partial charge < -0.3 is 15.6 Å². The number of halogens is 1. The highest BCUT2D eigenvalue weighted by atomic mass is 19.1. The molecule has 0 spiro atoms. The molecule has 0 bridgehead atoms. The van der Waals surface area contributed by atoms with Crippen molar-refractivity contribution in [1.82, 2.24) is 0 Å². The molecule has 86 valence electrons. The standard InChI is InChI=1S/C11H12FNO3/c1-6(13)9(11(14)15)7-4-3-5-8(16-2)10(7)12/h3-5H,13H2,1-2H3,(H,14,15). The van der Waals surface area contributed by atoms with Crippen molar-refractivity contribution in [2.45, 2.75) is 6.92 Å². The van der Waals surface area contributed by atoms with E-state index in [-0.39, 0.29) is 22.6 Å². The van der Waals surface area contributed by atoms with Crippen molar-refractivity contribution in [3.63, 3.8) is 0 Å². The van der Waals surface area contributed by atoms with E-state index >= 15 is 0 Å². The second-order valence-corrected chi connectivity index (χ2v) is 3.18. The van der Waals surface area contributed by atoms with E-state index in [9.17, 15) is 9.18 Å². The molecule has 0 aliphatic rings. The van der Waals surface area contributed by atoms with Gasteiger partial charge in [-0.05, 0) is 13.0 Å². The number of carbonyl (C=O) groups is 1. The predicted molar refractivity (Wildman–Crippen MR) is 57.4 cm³/mol. The molecule has 0 fully saturated rings. The van der Waals surface area contributed by atoms with E-state index in [0.29, 0.717) is 0 Å². The normalized spacial score (nSPS) is 11.9. The molecule has 0 amide bonds. The van der Waals surface area contributed by atoms with E-state index < -0.39 is 11.8 Å². The third-order valence-electron chi connectivity index (χ3n) is 2.06. The number of carboxylic acids is 1. The number of allylic oxidation sites excluding steroid dienone is 1. The van der Waals surface area contributed by atoms with Crippen LogP contribution in [0.3, 0.4) is 0 Å². The van der Waals surface area contributed by atoms with E-state index in [1.165, 1.54) is 32.2 Å². The van der Waals surface area contributed by atoms with E-state index in [2.05, 4.69) is 0 Å². The first-order valence-corrected chi connectivity index (χ1v) is 4.51. The first-order chi connectivity index (χ1) is 7.49. The van der Waals surface area contributed by atoms with Crippen LogP contribution in [0.15, 0.2) is 23.9 Å². The van der Waals surface area contributed by atoms with Gasteiger partial charge in [0.1, 0.15) is 0 Å². The number of hydrogen-bond acceptors (Lipinski definition) is 3. The molecule has 1 aromatic carbocycles. The van der Waals surface area contributed by atoms with E-state index in [4.69, 9.17) is 15.6 Å². The highest BCUT2D eigenvalue weighted by Gasteiger charge is 2.19. The molecule has 0 atom stereocenters. The topological polar surface area (TPSA) is 72.5 Å². The summed E-state index contributed by atoms with van der Waals surface area (Å²) in [6.07, 6.45) is 0. The largest absolute Gasteiger partial charge is 0.494 e. The zero-order valence-electron chi connectivity index (χ0n) is 8.95. The smallest absolute Gasteiger partial charge is 0.338 e. The summed E-state index contributed by atoms with van der Waals surface area (Å²) in [5.41, 5.74) is 5.13. The zero-order valence-corrected chi connectivity index (χ0v) is 8.95. The van der Waals surface area contributed by atoms with E-state index in [0.717, 1.165) is 0 Å². The molecular weight excluding hydrogens is 213 g/mol. The van der Waals surface area contributed by atoms with Crippen LogP contribution < -0.4 is 10.5 Å². The van der Waals surface area contributed by atoms with Gasteiger partial charge in [-0.2, -0.15) is 0 Å². The number of carboxylic acid groups (broad SMARTS) is 1. The number of aliphatic carboxylic acids is 1. The van der Waals surface area contributed by atoms with Gasteiger partial charge in [-0.25, -0.2) is 9.18 Å². The van der Waals surface area contributed by atoms with Crippen molar-refractivity contribution < 1.29 is 19.0 Å². The number of hydrogen-bond donors (Lipinski definition) is 2. The van der Waals surface area contributed by atoms with Gasteiger partial charge in [-0.1, -0.05) is 12.1 Å². The lowest BCUT2D eigenvalue weighted by Gasteiger charge is -2.09. The van der Waals surface area contributed by atoms with Crippen molar-refractivity contribution >= 4 is 11.5 Å². The number of nitrogens with two attached hydrogens (primary N) is 1. The quantitative estimate of drug-likeness (QED) is 0.766. The molecule has 0 heterocycles. The molecule has 0 unspecified atom stereocenters. The lowest BCUT2D eigenvalue weighted by Crippen LogP contribution is -2.09. The number of methoxy groups -OCH3 is 1. The molecule has 4 nitrogen and oxygen atoms in total. The molecule has 0 aliphatic carbocycles. The van der Waals surface area contributed by atoms with Gasteiger partial charge in [0.05, 0.1) is 12.7 Å². The number of rotatable bonds is 3. The van der Waals surface area contributed by atoms with Crippen molar-refractivity contribution in [1.29, 1.82) is 0 Å². The van der Waals surface area contributed by atoms with Gasteiger partial charge in [-0.3, -0.25) is 0 Å². The Morgan fingerprint density at radius 1 is 1.50 bits per heavy atom. The van der Waals surface area contributed by atoms with Crippen molar-refractivity contribution in [2.24, 2.45) is 5.73 Å². The minimum Gasteiger partial charge on any atom is -0.494 e. The second kappa shape index (κ2) is 4.65. The summed E-state index contributed by atoms with van der Waals surface area (Å²) in [7, 11) is 1.31. The number of ether oxygens (including phenoxy) is 1. The average molecular weight is 225 g/mol. The minimum atomic E-state index is -1.27. The lowest BCUT2D eigenvalue weighted by molar-refractivity contribution is -0.130. The van der Waals surface area contributed by atoms with Gasteiger partial charge in [-0.15, -0.1) is 0 Å². The molecule has 0 aliphatic heterocycles. The maximum atomic E-state index is 13.8. The molecule has 5 heteroatoms. The van der Waals surface area contributed by atoms with Gasteiger partial charge in [0.2, 0.25) is 0 Å². The Morgan fingerprint density at radius 3 is 2.56 bits per heavy atom. The number of benzene rings is 1. The first-order valence-electron chi connectivity index (χ1n) is 4.51. The third kappa shape index (κ3) is 2.13. The Bertz CT molecular complexity index is 451. The van der Waals surface area contributed by atoms with Crippen LogP contribution in [0.2, 0.25) is 0 Å². The maximum Gasteiger partial charge on any atom is 0.338 e. The van der Waals surface area contributed by atoms with Gasteiger partial charge >= 0.3 is 5.97 Å². The highest BCUT2D eigenvalue weighted by Crippen LogP contribution is 2.26. The fourth-order valence-corrected chi connectivity index (χ4v) is 1.36. The van der Waals surface area contributed by atoms with Crippen LogP contribution in [-0.2, 0) is 4.79 Å². The molecule has 1 aromatic rings. The summed E-state index contributed by atoms with van der Waals surface area (Å²) >= 11 is 0. The molecule has 0 saturated carbocycles. The summed E-state index contributed by atoms with van der Waals surface area (Å²) in [5.74, 6) is -2.02. The molecule has 1 rings (SSSR count). The molecular formula is C11H12FNO3. The Hall–Kier alpha value is -2.04. The van der Waals surface area contributed by atoms with Gasteiger partial charge in [0.15, 0.2) is 11.6 Å². The van der Waals surface area contributed by atoms with Crippen molar-refractivity contribution in [2.75, 3.05) is 7.11 Å². The highest BCUT2D eigenvalue weighted by molar-refractivity contribution is 6.16. The summed E-state index contributed by atoms with van der Waals surface area (Å²) in [6, 6.07) is 4.25. The van der Waals surface area contributed by atoms with Crippen molar-refractivity contribution in [3.8, 4) is 5.75 Å². The molecule has 16 heavy (non-hydrogen) atoms. The summed E-state index contributed by atoms with van der Waals surface area (Å²) < 4.78 is 18.5. The minimum absolute atomic E-state index is 0.0162. The zero-order chi connectivity index (χ0) is 12.3. The Kier molecular flexibility index (Phi) is 3.50. The fraction of sp³-hybridized carbons (Fsp3) is 0.182. The SMILES string of the molecule is COc1cccc(C(C(=O)O)=C(C)N)c1F. The molecule has 0 radical (unpaired) electrons. The van der Waals surface area contributed by atoms with Crippen LogP contribution in [0.5, 0.6) is 5.75 Å². The van der Waals surface area contributed by atoms with E-state index in [1.54, 1.807) is 0 Å². The van der Waals surface area contributed by atoms with Crippen LogP contribution in [0, 0.1) is 5.82 Å². The predicted octanol–water partition coefficient (Wildman–Crippen LogP) is 1.61. The molecule has 0 saturated heterocycles. The van der Waals surface area contributed by atoms with Crippen LogP contribution in [-0.4, -0.2) is 18.2 Å². The first kappa shape index (κ1) is 12.0. The van der Waals surface area contributed by atoms with Crippen LogP contribution in [0.4, 0.5) is 4.39 Å². The maximum absolute atomic E-state index is 13.8. The molecule has 0 aromatic heterocycles. The average Bonchev–Trinajstić information content (AvgIpc) is 2.20. The summed E-state index contributed by atoms with van der Waals surface area (Å²) in [4.78, 5) is 10.9. The van der Waals surface area contributed by atoms with Gasteiger partial charge in [0.25, 0.3) is 0 Å². The lowest BCUT2D eigenvalue weighted by atomic mass is 10.0. The van der Waals surface area contributed by atoms with Crippen molar-refractivity contribution in [3.05, 3.63) is 35.3 Å². The van der Waals surface area contributed by atoms with Gasteiger partial charge in [0, 0.05) is 11.3 Å². The molecule has 3 N–H and O–H groups in total. The fourth-order valence-electron chi connectivity index (χ4n) is 1.36. The van der Waals surface area contributed by atoms with E-state index in [1.807, 2.05) is 0 Å². The third-order valence-corrected chi connectivity index (χ3v) is 2.06. The second-order valence-electron chi connectivity index (χ2n) is 3.18. The Labute approximate surface area is 92.1 Å². The van der Waals surface area contributed by atoms with Crippen LogP contribution in [0.1, 0.15) is 12.5 Å². The Morgan fingerprint density at radius 2 is 2.12 bits per heavy atom. The van der Waals surface area contributed by atoms with Crippen LogP contribution in [0.25, 0.3) is 5.57 Å². The Balaban J connectivity index is 3.44. The summed E-state index contributed by atoms with van der Waals surface area (Å²) in [5, 5.41) is 8.94.